The van der Waals surface area contributed by atoms with Crippen LogP contribution in [0.5, 0.6) is 5.75 Å². The summed E-state index contributed by atoms with van der Waals surface area (Å²) >= 11 is 0. The Morgan fingerprint density at radius 1 is 1.15 bits per heavy atom. The highest BCUT2D eigenvalue weighted by atomic mass is 16.5. The zero-order valence-corrected chi connectivity index (χ0v) is 11.8. The van der Waals surface area contributed by atoms with Gasteiger partial charge >= 0.3 is 6.03 Å². The zero-order chi connectivity index (χ0) is 14.4. The lowest BCUT2D eigenvalue weighted by atomic mass is 10.1. The molecule has 0 fully saturated rings. The highest BCUT2D eigenvalue weighted by Gasteiger charge is 2.03. The number of urea groups is 1. The second kappa shape index (κ2) is 6.80. The second-order valence-electron chi connectivity index (χ2n) is 4.88. The first-order valence-corrected chi connectivity index (χ1v) is 6.82. The summed E-state index contributed by atoms with van der Waals surface area (Å²) in [6.07, 6.45) is 0. The molecule has 0 saturated heterocycles. The molecule has 0 aliphatic rings. The van der Waals surface area contributed by atoms with Crippen LogP contribution in [0.4, 0.5) is 4.79 Å². The summed E-state index contributed by atoms with van der Waals surface area (Å²) in [7, 11) is 0. The maximum absolute atomic E-state index is 11.4. The molecule has 0 aliphatic carbocycles. The molecule has 4 nitrogen and oxygen atoms in total. The molecule has 20 heavy (non-hydrogen) atoms. The maximum Gasteiger partial charge on any atom is 0.315 e. The number of hydrogen-bond acceptors (Lipinski definition) is 2. The molecule has 0 aromatic heterocycles. The van der Waals surface area contributed by atoms with E-state index in [4.69, 9.17) is 4.74 Å². The largest absolute Gasteiger partial charge is 0.491 e. The van der Waals surface area contributed by atoms with Gasteiger partial charge in [-0.2, -0.15) is 0 Å². The summed E-state index contributed by atoms with van der Waals surface area (Å²) in [5.74, 6) is 0.842. The minimum Gasteiger partial charge on any atom is -0.491 e. The first kappa shape index (κ1) is 14.2. The lowest BCUT2D eigenvalue weighted by molar-refractivity contribution is 0.234. The molecule has 2 aromatic rings. The Balaban J connectivity index is 1.86. The van der Waals surface area contributed by atoms with E-state index in [1.807, 2.05) is 44.2 Å². The molecule has 0 heterocycles. The number of carbonyl (C=O) groups excluding carboxylic acids is 1. The third-order valence-electron chi connectivity index (χ3n) is 2.81. The number of carbonyl (C=O) groups is 1. The minimum absolute atomic E-state index is 0.133. The summed E-state index contributed by atoms with van der Waals surface area (Å²) in [5, 5.41) is 7.76. The van der Waals surface area contributed by atoms with Crippen LogP contribution in [0.1, 0.15) is 13.8 Å². The van der Waals surface area contributed by atoms with E-state index in [1.54, 1.807) is 0 Å². The van der Waals surface area contributed by atoms with E-state index in [9.17, 15) is 4.79 Å². The smallest absolute Gasteiger partial charge is 0.315 e. The monoisotopic (exact) mass is 272 g/mol. The van der Waals surface area contributed by atoms with Crippen molar-refractivity contribution >= 4 is 16.8 Å². The number of hydrogen-bond donors (Lipinski definition) is 2. The van der Waals surface area contributed by atoms with Crippen molar-refractivity contribution in [2.24, 2.45) is 0 Å². The predicted octanol–water partition coefficient (Wildman–Crippen LogP) is 2.93. The van der Waals surface area contributed by atoms with E-state index in [0.29, 0.717) is 13.2 Å². The molecule has 2 amide bonds. The number of benzene rings is 2. The van der Waals surface area contributed by atoms with Gasteiger partial charge in [0.05, 0.1) is 6.54 Å². The number of fused-ring (bicyclic) bond motifs is 1. The van der Waals surface area contributed by atoms with Gasteiger partial charge in [-0.15, -0.1) is 0 Å². The average Bonchev–Trinajstić information content (AvgIpc) is 2.43. The molecule has 0 spiro atoms. The average molecular weight is 272 g/mol. The number of nitrogens with one attached hydrogen (secondary N) is 2. The van der Waals surface area contributed by atoms with E-state index in [1.165, 1.54) is 0 Å². The van der Waals surface area contributed by atoms with Crippen LogP contribution in [0.25, 0.3) is 10.8 Å². The minimum atomic E-state index is -0.165. The highest BCUT2D eigenvalue weighted by Crippen LogP contribution is 2.24. The Kier molecular flexibility index (Phi) is 4.82. The molecule has 0 atom stereocenters. The van der Waals surface area contributed by atoms with Gasteiger partial charge in [-0.25, -0.2) is 4.79 Å². The van der Waals surface area contributed by atoms with Crippen molar-refractivity contribution in [1.29, 1.82) is 0 Å². The van der Waals surface area contributed by atoms with Crippen molar-refractivity contribution in [2.45, 2.75) is 19.9 Å². The van der Waals surface area contributed by atoms with Crippen LogP contribution in [-0.4, -0.2) is 25.2 Å². The van der Waals surface area contributed by atoms with Gasteiger partial charge in [0.2, 0.25) is 0 Å². The van der Waals surface area contributed by atoms with Crippen molar-refractivity contribution in [3.8, 4) is 5.75 Å². The molecule has 2 aromatic carbocycles. The van der Waals surface area contributed by atoms with E-state index in [2.05, 4.69) is 22.8 Å². The molecule has 0 bridgehead atoms. The Bertz CT molecular complexity index is 576. The quantitative estimate of drug-likeness (QED) is 0.822. The molecule has 106 valence electrons. The number of rotatable bonds is 5. The van der Waals surface area contributed by atoms with Crippen LogP contribution in [0, 0.1) is 0 Å². The van der Waals surface area contributed by atoms with Crippen LogP contribution in [0.15, 0.2) is 42.5 Å². The van der Waals surface area contributed by atoms with Crippen molar-refractivity contribution in [2.75, 3.05) is 13.2 Å². The van der Waals surface area contributed by atoms with Gasteiger partial charge in [0, 0.05) is 11.4 Å². The van der Waals surface area contributed by atoms with E-state index in [0.717, 1.165) is 16.5 Å². The van der Waals surface area contributed by atoms with Gasteiger partial charge in [-0.3, -0.25) is 0 Å². The third kappa shape index (κ3) is 3.88. The number of ether oxygens (including phenoxy) is 1. The van der Waals surface area contributed by atoms with Crippen LogP contribution in [-0.2, 0) is 0 Å². The highest BCUT2D eigenvalue weighted by molar-refractivity contribution is 5.88. The molecule has 0 aliphatic heterocycles. The molecule has 2 N–H and O–H groups in total. The van der Waals surface area contributed by atoms with Crippen LogP contribution in [0.2, 0.25) is 0 Å². The van der Waals surface area contributed by atoms with Crippen molar-refractivity contribution in [1.82, 2.24) is 10.6 Å². The molecule has 0 radical (unpaired) electrons. The molecule has 0 saturated carbocycles. The first-order valence-electron chi connectivity index (χ1n) is 6.82. The Labute approximate surface area is 119 Å². The first-order chi connectivity index (χ1) is 9.66. The second-order valence-corrected chi connectivity index (χ2v) is 4.88. The Hall–Kier alpha value is -2.23. The fraction of sp³-hybridized carbons (Fsp3) is 0.312. The number of amides is 2. The van der Waals surface area contributed by atoms with Gasteiger partial charge in [0.15, 0.2) is 0 Å². The van der Waals surface area contributed by atoms with E-state index in [-0.39, 0.29) is 12.1 Å². The maximum atomic E-state index is 11.4. The topological polar surface area (TPSA) is 50.4 Å². The lowest BCUT2D eigenvalue weighted by Crippen LogP contribution is -2.41. The zero-order valence-electron chi connectivity index (χ0n) is 11.8. The van der Waals surface area contributed by atoms with Crippen LogP contribution >= 0.6 is 0 Å². The summed E-state index contributed by atoms with van der Waals surface area (Å²) in [4.78, 5) is 11.4. The summed E-state index contributed by atoms with van der Waals surface area (Å²) in [6.45, 7) is 4.76. The Morgan fingerprint density at radius 3 is 2.70 bits per heavy atom. The molecular weight excluding hydrogens is 252 g/mol. The SMILES string of the molecule is CC(C)NC(=O)NCCOc1cccc2ccccc12. The van der Waals surface area contributed by atoms with Crippen molar-refractivity contribution < 1.29 is 9.53 Å². The van der Waals surface area contributed by atoms with Gasteiger partial charge < -0.3 is 15.4 Å². The standard InChI is InChI=1S/C16H20N2O2/c1-12(2)18-16(19)17-10-11-20-15-9-5-7-13-6-3-4-8-14(13)15/h3-9,12H,10-11H2,1-2H3,(H2,17,18,19). The molecular formula is C16H20N2O2. The predicted molar refractivity (Wildman–Crippen MR) is 81.1 cm³/mol. The molecule has 4 heteroatoms. The van der Waals surface area contributed by atoms with E-state index < -0.39 is 0 Å². The fourth-order valence-electron chi connectivity index (χ4n) is 1.96. The van der Waals surface area contributed by atoms with Crippen LogP contribution < -0.4 is 15.4 Å². The normalized spacial score (nSPS) is 10.6. The summed E-state index contributed by atoms with van der Waals surface area (Å²) in [5.41, 5.74) is 0. The van der Waals surface area contributed by atoms with Crippen molar-refractivity contribution in [3.05, 3.63) is 42.5 Å². The van der Waals surface area contributed by atoms with Gasteiger partial charge in [0.25, 0.3) is 0 Å². The van der Waals surface area contributed by atoms with Crippen molar-refractivity contribution in [3.63, 3.8) is 0 Å². The van der Waals surface area contributed by atoms with E-state index >= 15 is 0 Å². The van der Waals surface area contributed by atoms with Gasteiger partial charge in [-0.05, 0) is 25.3 Å². The van der Waals surface area contributed by atoms with Crippen LogP contribution in [0.3, 0.4) is 0 Å². The fourth-order valence-corrected chi connectivity index (χ4v) is 1.96. The molecule has 0 unspecified atom stereocenters. The summed E-state index contributed by atoms with van der Waals surface area (Å²) < 4.78 is 5.73. The lowest BCUT2D eigenvalue weighted by Gasteiger charge is -2.12. The summed E-state index contributed by atoms with van der Waals surface area (Å²) in [6, 6.07) is 14.0. The third-order valence-corrected chi connectivity index (χ3v) is 2.81. The van der Waals surface area contributed by atoms with Gasteiger partial charge in [-0.1, -0.05) is 36.4 Å². The Morgan fingerprint density at radius 2 is 1.90 bits per heavy atom. The van der Waals surface area contributed by atoms with Gasteiger partial charge in [0.1, 0.15) is 12.4 Å². The molecule has 2 rings (SSSR count).